The number of hydrogen-bond donors (Lipinski definition) is 1. The zero-order valence-electron chi connectivity index (χ0n) is 13.4. The lowest BCUT2D eigenvalue weighted by Crippen LogP contribution is -2.52. The molecule has 0 unspecified atom stereocenters. The van der Waals surface area contributed by atoms with Crippen molar-refractivity contribution in [2.24, 2.45) is 5.92 Å². The van der Waals surface area contributed by atoms with E-state index in [2.05, 4.69) is 5.32 Å². The summed E-state index contributed by atoms with van der Waals surface area (Å²) in [5.74, 6) is 0.575. The zero-order chi connectivity index (χ0) is 16.5. The van der Waals surface area contributed by atoms with E-state index in [1.165, 1.54) is 19.1 Å². The molecule has 1 atom stereocenters. The van der Waals surface area contributed by atoms with Crippen molar-refractivity contribution in [1.82, 2.24) is 10.2 Å². The summed E-state index contributed by atoms with van der Waals surface area (Å²) in [6.45, 7) is 1.14. The van der Waals surface area contributed by atoms with Gasteiger partial charge in [-0.05, 0) is 42.0 Å². The molecule has 1 aromatic carbocycles. The fourth-order valence-electron chi connectivity index (χ4n) is 3.20. The zero-order valence-corrected chi connectivity index (χ0v) is 13.4. The minimum Gasteiger partial charge on any atom is -0.459 e. The third-order valence-electron chi connectivity index (χ3n) is 4.81. The molecule has 0 bridgehead atoms. The maximum absolute atomic E-state index is 12.8. The van der Waals surface area contributed by atoms with Crippen molar-refractivity contribution in [3.63, 3.8) is 0 Å². The maximum Gasteiger partial charge on any atom is 0.290 e. The number of hydrogen-bond acceptors (Lipinski definition) is 3. The lowest BCUT2D eigenvalue weighted by Gasteiger charge is -2.35. The van der Waals surface area contributed by atoms with Gasteiger partial charge in [0, 0.05) is 19.5 Å². The topological polar surface area (TPSA) is 62.6 Å². The van der Waals surface area contributed by atoms with E-state index in [0.717, 1.165) is 11.1 Å². The molecule has 1 aliphatic carbocycles. The van der Waals surface area contributed by atoms with Crippen LogP contribution < -0.4 is 5.32 Å². The Labute approximate surface area is 140 Å². The molecule has 1 fully saturated rings. The molecule has 0 saturated heterocycles. The third kappa shape index (κ3) is 2.94. The Morgan fingerprint density at radius 2 is 1.92 bits per heavy atom. The van der Waals surface area contributed by atoms with Crippen LogP contribution in [-0.2, 0) is 17.8 Å². The second-order valence-electron chi connectivity index (χ2n) is 6.59. The lowest BCUT2D eigenvalue weighted by molar-refractivity contribution is -0.126. The highest BCUT2D eigenvalue weighted by Gasteiger charge is 2.36. The number of furan rings is 1. The second-order valence-corrected chi connectivity index (χ2v) is 6.59. The van der Waals surface area contributed by atoms with Crippen LogP contribution in [-0.4, -0.2) is 29.3 Å². The van der Waals surface area contributed by atoms with E-state index in [4.69, 9.17) is 4.42 Å². The lowest BCUT2D eigenvalue weighted by atomic mass is 9.93. The summed E-state index contributed by atoms with van der Waals surface area (Å²) in [6.07, 6.45) is 4.39. The fourth-order valence-corrected chi connectivity index (χ4v) is 3.20. The van der Waals surface area contributed by atoms with Gasteiger partial charge in [-0.3, -0.25) is 9.59 Å². The summed E-state index contributed by atoms with van der Waals surface area (Å²) >= 11 is 0. The second kappa shape index (κ2) is 6.15. The van der Waals surface area contributed by atoms with Crippen molar-refractivity contribution in [2.75, 3.05) is 6.54 Å². The number of benzene rings is 1. The van der Waals surface area contributed by atoms with Gasteiger partial charge in [0.1, 0.15) is 6.04 Å². The minimum atomic E-state index is -0.490. The normalized spacial score (nSPS) is 19.7. The van der Waals surface area contributed by atoms with E-state index >= 15 is 0 Å². The molecule has 2 amide bonds. The number of nitrogens with zero attached hydrogens (tertiary/aromatic N) is 1. The standard InChI is InChI=1S/C19H20N2O3/c22-18(20-11-13-7-8-13)16-10-14-4-1-2-5-15(14)12-21(16)19(23)17-6-3-9-24-17/h1-6,9,13,16H,7-8,10-12H2,(H,20,22)/t16-/m1/s1. The summed E-state index contributed by atoms with van der Waals surface area (Å²) in [7, 11) is 0. The van der Waals surface area contributed by atoms with Crippen molar-refractivity contribution < 1.29 is 14.0 Å². The highest BCUT2D eigenvalue weighted by atomic mass is 16.3. The van der Waals surface area contributed by atoms with E-state index in [0.29, 0.717) is 25.4 Å². The first-order chi connectivity index (χ1) is 11.7. The van der Waals surface area contributed by atoms with E-state index in [-0.39, 0.29) is 17.6 Å². The molecule has 5 heteroatoms. The predicted molar refractivity (Wildman–Crippen MR) is 88.2 cm³/mol. The highest BCUT2D eigenvalue weighted by molar-refractivity contribution is 5.96. The molecule has 2 aliphatic rings. The van der Waals surface area contributed by atoms with E-state index in [9.17, 15) is 9.59 Å². The highest BCUT2D eigenvalue weighted by Crippen LogP contribution is 2.28. The molecule has 2 aromatic rings. The molecule has 1 aliphatic heterocycles. The first-order valence-electron chi connectivity index (χ1n) is 8.41. The molecule has 5 nitrogen and oxygen atoms in total. The van der Waals surface area contributed by atoms with Crippen molar-refractivity contribution >= 4 is 11.8 Å². The Balaban J connectivity index is 1.59. The molecule has 24 heavy (non-hydrogen) atoms. The van der Waals surface area contributed by atoms with Crippen LogP contribution in [0.2, 0.25) is 0 Å². The summed E-state index contributed by atoms with van der Waals surface area (Å²) in [4.78, 5) is 27.1. The van der Waals surface area contributed by atoms with Crippen LogP contribution in [0.1, 0.15) is 34.5 Å². The van der Waals surface area contributed by atoms with Crippen LogP contribution >= 0.6 is 0 Å². The number of carbonyl (C=O) groups excluding carboxylic acids is 2. The third-order valence-corrected chi connectivity index (χ3v) is 4.81. The largest absolute Gasteiger partial charge is 0.459 e. The first-order valence-corrected chi connectivity index (χ1v) is 8.41. The maximum atomic E-state index is 12.8. The summed E-state index contributed by atoms with van der Waals surface area (Å²) < 4.78 is 5.25. The average Bonchev–Trinajstić information content (AvgIpc) is 3.29. The molecule has 124 valence electrons. The number of amides is 2. The van der Waals surface area contributed by atoms with Gasteiger partial charge in [0.25, 0.3) is 5.91 Å². The molecule has 0 spiro atoms. The van der Waals surface area contributed by atoms with Crippen molar-refractivity contribution in [1.29, 1.82) is 0 Å². The quantitative estimate of drug-likeness (QED) is 0.939. The number of carbonyl (C=O) groups is 2. The van der Waals surface area contributed by atoms with Gasteiger partial charge in [0.2, 0.25) is 5.91 Å². The molecular formula is C19H20N2O3. The van der Waals surface area contributed by atoms with Gasteiger partial charge in [-0.1, -0.05) is 24.3 Å². The summed E-state index contributed by atoms with van der Waals surface area (Å²) in [5, 5.41) is 3.01. The fraction of sp³-hybridized carbons (Fsp3) is 0.368. The number of nitrogens with one attached hydrogen (secondary N) is 1. The Bertz CT molecular complexity index is 750. The monoisotopic (exact) mass is 324 g/mol. The molecule has 1 saturated carbocycles. The van der Waals surface area contributed by atoms with E-state index < -0.39 is 6.04 Å². The van der Waals surface area contributed by atoms with Gasteiger partial charge in [-0.25, -0.2) is 0 Å². The number of fused-ring (bicyclic) bond motifs is 1. The van der Waals surface area contributed by atoms with Gasteiger partial charge in [-0.15, -0.1) is 0 Å². The predicted octanol–water partition coefficient (Wildman–Crippen LogP) is 2.37. The van der Waals surface area contributed by atoms with Crippen molar-refractivity contribution in [3.8, 4) is 0 Å². The van der Waals surface area contributed by atoms with Crippen molar-refractivity contribution in [3.05, 3.63) is 59.5 Å². The Morgan fingerprint density at radius 3 is 2.62 bits per heavy atom. The van der Waals surface area contributed by atoms with Crippen LogP contribution in [0.15, 0.2) is 47.1 Å². The summed E-state index contributed by atoms with van der Waals surface area (Å²) in [6, 6.07) is 10.8. The molecule has 1 aromatic heterocycles. The Morgan fingerprint density at radius 1 is 1.12 bits per heavy atom. The van der Waals surface area contributed by atoms with Gasteiger partial charge in [0.15, 0.2) is 5.76 Å². The molecule has 1 N–H and O–H groups in total. The SMILES string of the molecule is O=C(NCC1CC1)[C@H]1Cc2ccccc2CN1C(=O)c1ccco1. The van der Waals surface area contributed by atoms with Crippen LogP contribution in [0.3, 0.4) is 0 Å². The van der Waals surface area contributed by atoms with Gasteiger partial charge < -0.3 is 14.6 Å². The van der Waals surface area contributed by atoms with Gasteiger partial charge >= 0.3 is 0 Å². The molecule has 2 heterocycles. The van der Waals surface area contributed by atoms with Crippen molar-refractivity contribution in [2.45, 2.75) is 31.8 Å². The molecular weight excluding hydrogens is 304 g/mol. The van der Waals surface area contributed by atoms with Gasteiger partial charge in [0.05, 0.1) is 6.26 Å². The van der Waals surface area contributed by atoms with E-state index in [1.54, 1.807) is 17.0 Å². The van der Waals surface area contributed by atoms with E-state index in [1.807, 2.05) is 24.3 Å². The van der Waals surface area contributed by atoms with Crippen LogP contribution in [0.5, 0.6) is 0 Å². The summed E-state index contributed by atoms with van der Waals surface area (Å²) in [5.41, 5.74) is 2.22. The minimum absolute atomic E-state index is 0.0729. The Kier molecular flexibility index (Phi) is 3.84. The Hall–Kier alpha value is -2.56. The molecule has 0 radical (unpaired) electrons. The smallest absolute Gasteiger partial charge is 0.290 e. The average molecular weight is 324 g/mol. The van der Waals surface area contributed by atoms with Crippen LogP contribution in [0, 0.1) is 5.92 Å². The van der Waals surface area contributed by atoms with Gasteiger partial charge in [-0.2, -0.15) is 0 Å². The first kappa shape index (κ1) is 15.0. The number of rotatable bonds is 4. The molecule has 4 rings (SSSR count). The van der Waals surface area contributed by atoms with Crippen LogP contribution in [0.4, 0.5) is 0 Å². The van der Waals surface area contributed by atoms with Crippen LogP contribution in [0.25, 0.3) is 0 Å².